The zero-order chi connectivity index (χ0) is 8.43. The molecule has 0 saturated heterocycles. The molecule has 0 fully saturated rings. The summed E-state index contributed by atoms with van der Waals surface area (Å²) in [4.78, 5) is 0. The van der Waals surface area contributed by atoms with Crippen molar-refractivity contribution >= 4 is 0 Å². The Bertz CT molecular complexity index is 244. The van der Waals surface area contributed by atoms with Gasteiger partial charge in [0.1, 0.15) is 5.69 Å². The zero-order valence-corrected chi connectivity index (χ0v) is 6.09. The molecule has 62 valence electrons. The van der Waals surface area contributed by atoms with Crippen LogP contribution in [-0.2, 0) is 13.6 Å². The van der Waals surface area contributed by atoms with E-state index < -0.39 is 6.43 Å². The van der Waals surface area contributed by atoms with E-state index in [1.54, 1.807) is 0 Å². The second-order valence-electron chi connectivity index (χ2n) is 2.18. The van der Waals surface area contributed by atoms with Crippen LogP contribution in [0.1, 0.15) is 17.7 Å². The Hall–Kier alpha value is -0.970. The van der Waals surface area contributed by atoms with Crippen LogP contribution >= 0.6 is 0 Å². The fraction of sp³-hybridized carbons (Fsp3) is 0.500. The topological polar surface area (TPSA) is 43.8 Å². The molecule has 0 unspecified atom stereocenters. The number of hydrogen-bond donors (Lipinski definition) is 1. The number of aryl methyl sites for hydroxylation is 1. The van der Waals surface area contributed by atoms with E-state index in [4.69, 9.17) is 5.73 Å². The van der Waals surface area contributed by atoms with Crippen molar-refractivity contribution in [2.45, 2.75) is 13.0 Å². The van der Waals surface area contributed by atoms with Crippen LogP contribution in [0.3, 0.4) is 0 Å². The minimum Gasteiger partial charge on any atom is -0.326 e. The molecule has 0 saturated carbocycles. The van der Waals surface area contributed by atoms with Crippen molar-refractivity contribution in [3.8, 4) is 0 Å². The zero-order valence-electron chi connectivity index (χ0n) is 6.09. The number of nitrogens with zero attached hydrogens (tertiary/aromatic N) is 2. The molecular weight excluding hydrogens is 152 g/mol. The van der Waals surface area contributed by atoms with Gasteiger partial charge in [-0.1, -0.05) is 0 Å². The Morgan fingerprint density at radius 1 is 1.73 bits per heavy atom. The van der Waals surface area contributed by atoms with Crippen molar-refractivity contribution in [3.63, 3.8) is 0 Å². The molecule has 5 heteroatoms. The van der Waals surface area contributed by atoms with E-state index in [-0.39, 0.29) is 12.2 Å². The fourth-order valence-corrected chi connectivity index (χ4v) is 0.931. The molecule has 0 aliphatic carbocycles. The maximum Gasteiger partial charge on any atom is 0.280 e. The third kappa shape index (κ3) is 1.37. The molecule has 0 aromatic carbocycles. The van der Waals surface area contributed by atoms with Crippen molar-refractivity contribution in [2.75, 3.05) is 0 Å². The van der Waals surface area contributed by atoms with Gasteiger partial charge < -0.3 is 5.73 Å². The van der Waals surface area contributed by atoms with Gasteiger partial charge >= 0.3 is 0 Å². The van der Waals surface area contributed by atoms with Crippen molar-refractivity contribution in [3.05, 3.63) is 17.5 Å². The van der Waals surface area contributed by atoms with Crippen LogP contribution in [0.4, 0.5) is 8.78 Å². The highest BCUT2D eigenvalue weighted by Gasteiger charge is 2.16. The van der Waals surface area contributed by atoms with E-state index in [0.29, 0.717) is 5.56 Å². The van der Waals surface area contributed by atoms with E-state index in [9.17, 15) is 8.78 Å². The summed E-state index contributed by atoms with van der Waals surface area (Å²) in [5.41, 5.74) is 5.53. The number of halogens is 2. The molecule has 0 radical (unpaired) electrons. The largest absolute Gasteiger partial charge is 0.326 e. The summed E-state index contributed by atoms with van der Waals surface area (Å²) in [5.74, 6) is 0. The summed E-state index contributed by atoms with van der Waals surface area (Å²) in [5, 5.41) is 3.67. The van der Waals surface area contributed by atoms with Gasteiger partial charge in [0, 0.05) is 19.2 Å². The van der Waals surface area contributed by atoms with Gasteiger partial charge in [-0.05, 0) is 0 Å². The number of alkyl halides is 2. The van der Waals surface area contributed by atoms with Gasteiger partial charge in [0.15, 0.2) is 0 Å². The van der Waals surface area contributed by atoms with Crippen LogP contribution in [0, 0.1) is 0 Å². The van der Waals surface area contributed by atoms with Gasteiger partial charge in [-0.2, -0.15) is 5.10 Å². The lowest BCUT2D eigenvalue weighted by Gasteiger charge is -2.01. The minimum absolute atomic E-state index is 0.0903. The normalized spacial score (nSPS) is 11.0. The summed E-state index contributed by atoms with van der Waals surface area (Å²) in [6.07, 6.45) is -1.14. The van der Waals surface area contributed by atoms with Gasteiger partial charge in [-0.25, -0.2) is 8.78 Å². The number of nitrogens with two attached hydrogens (primary N) is 1. The third-order valence-electron chi connectivity index (χ3n) is 1.49. The SMILES string of the molecule is Cn1ncc(CN)c1C(F)F. The maximum atomic E-state index is 12.2. The van der Waals surface area contributed by atoms with Gasteiger partial charge in [0.05, 0.1) is 6.20 Å². The summed E-state index contributed by atoms with van der Waals surface area (Å²) < 4.78 is 25.5. The second kappa shape index (κ2) is 2.96. The van der Waals surface area contributed by atoms with Crippen LogP contribution < -0.4 is 5.73 Å². The molecule has 1 heterocycles. The average molecular weight is 161 g/mol. The Morgan fingerprint density at radius 3 is 2.73 bits per heavy atom. The van der Waals surface area contributed by atoms with Gasteiger partial charge in [-0.3, -0.25) is 4.68 Å². The quantitative estimate of drug-likeness (QED) is 0.697. The van der Waals surface area contributed by atoms with Crippen molar-refractivity contribution in [2.24, 2.45) is 12.8 Å². The molecule has 0 atom stereocenters. The van der Waals surface area contributed by atoms with Crippen LogP contribution in [0.2, 0.25) is 0 Å². The molecule has 2 N–H and O–H groups in total. The van der Waals surface area contributed by atoms with Crippen molar-refractivity contribution < 1.29 is 8.78 Å². The first-order valence-electron chi connectivity index (χ1n) is 3.15. The molecule has 1 aromatic rings. The second-order valence-corrected chi connectivity index (χ2v) is 2.18. The lowest BCUT2D eigenvalue weighted by molar-refractivity contribution is 0.139. The summed E-state index contributed by atoms with van der Waals surface area (Å²) in [7, 11) is 1.47. The first kappa shape index (κ1) is 8.13. The van der Waals surface area contributed by atoms with Gasteiger partial charge in [0.25, 0.3) is 6.43 Å². The predicted octanol–water partition coefficient (Wildman–Crippen LogP) is 0.816. The molecule has 1 aromatic heterocycles. The summed E-state index contributed by atoms with van der Waals surface area (Å²) >= 11 is 0. The molecule has 0 amide bonds. The fourth-order valence-electron chi connectivity index (χ4n) is 0.931. The smallest absolute Gasteiger partial charge is 0.280 e. The van der Waals surface area contributed by atoms with E-state index >= 15 is 0 Å². The molecule has 0 aliphatic rings. The predicted molar refractivity (Wildman–Crippen MR) is 36.1 cm³/mol. The average Bonchev–Trinajstić information content (AvgIpc) is 2.30. The van der Waals surface area contributed by atoms with E-state index in [1.165, 1.54) is 13.2 Å². The molecule has 0 bridgehead atoms. The van der Waals surface area contributed by atoms with Crippen LogP contribution in [0.5, 0.6) is 0 Å². The molecule has 1 rings (SSSR count). The van der Waals surface area contributed by atoms with Crippen molar-refractivity contribution in [1.29, 1.82) is 0 Å². The van der Waals surface area contributed by atoms with E-state index in [2.05, 4.69) is 5.10 Å². The van der Waals surface area contributed by atoms with Gasteiger partial charge in [0.2, 0.25) is 0 Å². The van der Waals surface area contributed by atoms with Crippen LogP contribution in [0.25, 0.3) is 0 Å². The number of aromatic nitrogens is 2. The van der Waals surface area contributed by atoms with Gasteiger partial charge in [-0.15, -0.1) is 0 Å². The first-order valence-corrected chi connectivity index (χ1v) is 3.15. The maximum absolute atomic E-state index is 12.2. The highest BCUT2D eigenvalue weighted by atomic mass is 19.3. The highest BCUT2D eigenvalue weighted by Crippen LogP contribution is 2.21. The Labute approximate surface area is 62.8 Å². The lowest BCUT2D eigenvalue weighted by Crippen LogP contribution is -2.04. The van der Waals surface area contributed by atoms with Crippen LogP contribution in [0.15, 0.2) is 6.20 Å². The Balaban J connectivity index is 3.07. The highest BCUT2D eigenvalue weighted by molar-refractivity contribution is 5.18. The van der Waals surface area contributed by atoms with E-state index in [1.807, 2.05) is 0 Å². The summed E-state index contributed by atoms with van der Waals surface area (Å²) in [6.45, 7) is 0.105. The molecular formula is C6H9F2N3. The Kier molecular flexibility index (Phi) is 2.19. The number of rotatable bonds is 2. The molecule has 0 spiro atoms. The summed E-state index contributed by atoms with van der Waals surface area (Å²) in [6, 6.07) is 0. The third-order valence-corrected chi connectivity index (χ3v) is 1.49. The molecule has 3 nitrogen and oxygen atoms in total. The lowest BCUT2D eigenvalue weighted by atomic mass is 10.2. The number of hydrogen-bond acceptors (Lipinski definition) is 2. The van der Waals surface area contributed by atoms with Crippen LogP contribution in [-0.4, -0.2) is 9.78 Å². The van der Waals surface area contributed by atoms with Crippen molar-refractivity contribution in [1.82, 2.24) is 9.78 Å². The monoisotopic (exact) mass is 161 g/mol. The molecule has 0 aliphatic heterocycles. The Morgan fingerprint density at radius 2 is 2.36 bits per heavy atom. The minimum atomic E-state index is -2.50. The standard InChI is InChI=1S/C6H9F2N3/c1-11-5(6(7)8)4(2-9)3-10-11/h3,6H,2,9H2,1H3. The van der Waals surface area contributed by atoms with E-state index in [0.717, 1.165) is 4.68 Å². The first-order chi connectivity index (χ1) is 5.16. The molecule has 11 heavy (non-hydrogen) atoms.